The number of rotatable bonds is 4. The van der Waals surface area contributed by atoms with Crippen LogP contribution >= 0.6 is 0 Å². The zero-order chi connectivity index (χ0) is 27.6. The van der Waals surface area contributed by atoms with Gasteiger partial charge in [0.25, 0.3) is 0 Å². The van der Waals surface area contributed by atoms with Crippen molar-refractivity contribution in [1.29, 1.82) is 0 Å². The van der Waals surface area contributed by atoms with E-state index in [1.807, 2.05) is 26.0 Å². The molecule has 1 aromatic rings. The summed E-state index contributed by atoms with van der Waals surface area (Å²) in [7, 11) is 1.27. The molecule has 206 valence electrons. The molecule has 2 aliphatic rings. The van der Waals surface area contributed by atoms with E-state index in [4.69, 9.17) is 14.2 Å². The normalized spacial score (nSPS) is 21.8. The molecular weight excluding hydrogens is 478 g/mol. The second kappa shape index (κ2) is 13.9. The van der Waals surface area contributed by atoms with Gasteiger partial charge >= 0.3 is 12.1 Å². The molecule has 0 fully saturated rings. The molecule has 10 heteroatoms. The van der Waals surface area contributed by atoms with Crippen molar-refractivity contribution in [2.24, 2.45) is 5.92 Å². The number of esters is 1. The fraction of sp³-hybridized carbons (Fsp3) is 0.630. The first-order chi connectivity index (χ1) is 17.4. The maximum atomic E-state index is 13.4. The standard InChI is InChI=1S/C27H41N3O7/c1-17(2)15-21-23(31)28-20(25(33)35-6)9-7-8-14-36-19-12-10-18(11-13-19)16-22(24(32)29-21)30-26(34)37-27(3,4)5/h10-13,17,20-22H,7-9,14-16H2,1-6H3,(H,28,31)(H,29,32)(H,30,34)/t20-,21-,22-/m0/s1. The van der Waals surface area contributed by atoms with Crippen LogP contribution in [0.1, 0.15) is 65.9 Å². The fourth-order valence-electron chi connectivity index (χ4n) is 3.90. The molecule has 0 spiro atoms. The number of hydrogen-bond acceptors (Lipinski definition) is 7. The van der Waals surface area contributed by atoms with Crippen LogP contribution in [0.25, 0.3) is 0 Å². The molecule has 3 N–H and O–H groups in total. The molecule has 37 heavy (non-hydrogen) atoms. The van der Waals surface area contributed by atoms with Crippen molar-refractivity contribution in [3.63, 3.8) is 0 Å². The Morgan fingerprint density at radius 1 is 1.08 bits per heavy atom. The molecule has 3 rings (SSSR count). The van der Waals surface area contributed by atoms with Gasteiger partial charge in [-0.3, -0.25) is 9.59 Å². The van der Waals surface area contributed by atoms with Crippen LogP contribution in [0.3, 0.4) is 0 Å². The lowest BCUT2D eigenvalue weighted by molar-refractivity contribution is -0.145. The number of ether oxygens (including phenoxy) is 3. The van der Waals surface area contributed by atoms with Gasteiger partial charge in [-0.05, 0) is 70.1 Å². The van der Waals surface area contributed by atoms with Gasteiger partial charge in [0.05, 0.1) is 13.7 Å². The molecule has 0 saturated heterocycles. The van der Waals surface area contributed by atoms with Gasteiger partial charge in [-0.1, -0.05) is 26.0 Å². The van der Waals surface area contributed by atoms with E-state index < -0.39 is 47.6 Å². The highest BCUT2D eigenvalue weighted by Crippen LogP contribution is 2.16. The maximum Gasteiger partial charge on any atom is 0.408 e. The van der Waals surface area contributed by atoms with Crippen LogP contribution < -0.4 is 20.7 Å². The predicted octanol–water partition coefficient (Wildman–Crippen LogP) is 2.87. The van der Waals surface area contributed by atoms with Crippen molar-refractivity contribution >= 4 is 23.9 Å². The van der Waals surface area contributed by atoms with E-state index in [2.05, 4.69) is 16.0 Å². The monoisotopic (exact) mass is 519 g/mol. The minimum absolute atomic E-state index is 0.0729. The molecule has 0 aromatic heterocycles. The molecule has 0 saturated carbocycles. The van der Waals surface area contributed by atoms with Crippen molar-refractivity contribution in [3.05, 3.63) is 29.8 Å². The second-order valence-corrected chi connectivity index (χ2v) is 10.7. The molecule has 1 aromatic carbocycles. The number of hydrogen-bond donors (Lipinski definition) is 3. The van der Waals surface area contributed by atoms with E-state index in [9.17, 15) is 19.2 Å². The smallest absolute Gasteiger partial charge is 0.408 e. The third kappa shape index (κ3) is 10.7. The first-order valence-corrected chi connectivity index (χ1v) is 12.8. The quantitative estimate of drug-likeness (QED) is 0.521. The van der Waals surface area contributed by atoms with E-state index in [1.165, 1.54) is 7.11 Å². The third-order valence-corrected chi connectivity index (χ3v) is 5.67. The highest BCUT2D eigenvalue weighted by atomic mass is 16.6. The Balaban J connectivity index is 2.36. The summed E-state index contributed by atoms with van der Waals surface area (Å²) in [4.78, 5) is 51.5. The first-order valence-electron chi connectivity index (χ1n) is 12.8. The van der Waals surface area contributed by atoms with Crippen LogP contribution in [-0.4, -0.2) is 61.3 Å². The van der Waals surface area contributed by atoms with Gasteiger partial charge < -0.3 is 30.2 Å². The molecule has 3 amide bonds. The Morgan fingerprint density at radius 3 is 2.35 bits per heavy atom. The van der Waals surface area contributed by atoms with Gasteiger partial charge in [-0.25, -0.2) is 9.59 Å². The van der Waals surface area contributed by atoms with E-state index >= 15 is 0 Å². The molecule has 2 aliphatic heterocycles. The number of methoxy groups -OCH3 is 1. The summed E-state index contributed by atoms with van der Waals surface area (Å²) in [5.41, 5.74) is 0.0442. The molecule has 10 nitrogen and oxygen atoms in total. The fourth-order valence-corrected chi connectivity index (χ4v) is 3.90. The molecule has 0 radical (unpaired) electrons. The minimum atomic E-state index is -1.00. The Hall–Kier alpha value is -3.30. The van der Waals surface area contributed by atoms with Crippen LogP contribution in [0.2, 0.25) is 0 Å². The van der Waals surface area contributed by atoms with Crippen molar-refractivity contribution in [1.82, 2.24) is 16.0 Å². The van der Waals surface area contributed by atoms with Crippen LogP contribution in [0.5, 0.6) is 5.75 Å². The summed E-state index contributed by atoms with van der Waals surface area (Å²) >= 11 is 0. The lowest BCUT2D eigenvalue weighted by Crippen LogP contribution is -2.56. The van der Waals surface area contributed by atoms with Crippen molar-refractivity contribution in [2.75, 3.05) is 13.7 Å². The number of alkyl carbamates (subject to hydrolysis) is 1. The predicted molar refractivity (Wildman–Crippen MR) is 138 cm³/mol. The average Bonchev–Trinajstić information content (AvgIpc) is 2.80. The molecule has 2 bridgehead atoms. The van der Waals surface area contributed by atoms with Gasteiger partial charge in [-0.15, -0.1) is 0 Å². The van der Waals surface area contributed by atoms with Crippen molar-refractivity contribution in [3.8, 4) is 5.75 Å². The number of fused-ring (bicyclic) bond motifs is 14. The van der Waals surface area contributed by atoms with Gasteiger partial charge in [-0.2, -0.15) is 0 Å². The number of nitrogens with one attached hydrogen (secondary N) is 3. The number of carbonyl (C=O) groups excluding carboxylic acids is 4. The minimum Gasteiger partial charge on any atom is -0.494 e. The Kier molecular flexibility index (Phi) is 11.2. The molecular formula is C27H41N3O7. The van der Waals surface area contributed by atoms with Crippen molar-refractivity contribution < 1.29 is 33.4 Å². The van der Waals surface area contributed by atoms with Gasteiger partial charge in [0, 0.05) is 6.42 Å². The van der Waals surface area contributed by atoms with Crippen LogP contribution in [0.4, 0.5) is 4.79 Å². The SMILES string of the molecule is COC(=O)[C@@H]1CCCCOc2ccc(cc2)C[C@H](NC(=O)OC(C)(C)C)C(=O)N[C@@H](CC(C)C)C(=O)N1. The molecule has 0 aliphatic carbocycles. The lowest BCUT2D eigenvalue weighted by Gasteiger charge is -2.27. The zero-order valence-corrected chi connectivity index (χ0v) is 22.7. The molecule has 3 atom stereocenters. The largest absolute Gasteiger partial charge is 0.494 e. The number of carbonyl (C=O) groups is 4. The van der Waals surface area contributed by atoms with Gasteiger partial charge in [0.1, 0.15) is 29.5 Å². The van der Waals surface area contributed by atoms with Gasteiger partial charge in [0.15, 0.2) is 0 Å². The average molecular weight is 520 g/mol. The summed E-state index contributed by atoms with van der Waals surface area (Å²) in [5, 5.41) is 8.16. The summed E-state index contributed by atoms with van der Waals surface area (Å²) in [6.45, 7) is 9.49. The number of benzene rings is 1. The van der Waals surface area contributed by atoms with E-state index in [0.717, 1.165) is 5.56 Å². The highest BCUT2D eigenvalue weighted by molar-refractivity contribution is 5.93. The highest BCUT2D eigenvalue weighted by Gasteiger charge is 2.31. The molecule has 0 unspecified atom stereocenters. The van der Waals surface area contributed by atoms with Crippen molar-refractivity contribution in [2.45, 2.75) is 90.4 Å². The van der Waals surface area contributed by atoms with Crippen LogP contribution in [0.15, 0.2) is 24.3 Å². The van der Waals surface area contributed by atoms with Crippen LogP contribution in [0, 0.1) is 5.92 Å². The topological polar surface area (TPSA) is 132 Å². The van der Waals surface area contributed by atoms with Crippen LogP contribution in [-0.2, 0) is 30.3 Å². The Labute approximate surface area is 219 Å². The first kappa shape index (κ1) is 29.9. The second-order valence-electron chi connectivity index (χ2n) is 10.7. The summed E-state index contributed by atoms with van der Waals surface area (Å²) in [6.07, 6.45) is 1.44. The Bertz CT molecular complexity index is 925. The summed E-state index contributed by atoms with van der Waals surface area (Å²) in [5.74, 6) is -0.835. The third-order valence-electron chi connectivity index (χ3n) is 5.67. The van der Waals surface area contributed by atoms with E-state index in [0.29, 0.717) is 38.0 Å². The van der Waals surface area contributed by atoms with Gasteiger partial charge in [0.2, 0.25) is 11.8 Å². The lowest BCUT2D eigenvalue weighted by atomic mass is 10.0. The maximum absolute atomic E-state index is 13.4. The number of amides is 3. The zero-order valence-electron chi connectivity index (χ0n) is 22.7. The summed E-state index contributed by atoms with van der Waals surface area (Å²) in [6, 6.07) is 4.50. The summed E-state index contributed by atoms with van der Waals surface area (Å²) < 4.78 is 16.0. The van der Waals surface area contributed by atoms with E-state index in [1.54, 1.807) is 32.9 Å². The molecule has 2 heterocycles. The Morgan fingerprint density at radius 2 is 1.76 bits per heavy atom. The van der Waals surface area contributed by atoms with E-state index in [-0.39, 0.29) is 12.3 Å².